The third-order valence-corrected chi connectivity index (χ3v) is 9.71. The van der Waals surface area contributed by atoms with Crippen molar-refractivity contribution < 1.29 is 28.5 Å². The molecule has 0 bridgehead atoms. The van der Waals surface area contributed by atoms with Crippen LogP contribution in [0.5, 0.6) is 0 Å². The number of rotatable bonds is 8. The Kier molecular flexibility index (Phi) is 7.19. The van der Waals surface area contributed by atoms with Gasteiger partial charge >= 0.3 is 12.0 Å². The summed E-state index contributed by atoms with van der Waals surface area (Å²) >= 11 is 14.3. The van der Waals surface area contributed by atoms with Crippen LogP contribution in [0.1, 0.15) is 45.8 Å². The fraction of sp³-hybridized carbons (Fsp3) is 0.640. The number of imidazole rings is 1. The Morgan fingerprint density at radius 2 is 2.00 bits per heavy atom. The van der Waals surface area contributed by atoms with Gasteiger partial charge in [0.1, 0.15) is 24.9 Å². The van der Waals surface area contributed by atoms with Crippen LogP contribution in [0.25, 0.3) is 11.0 Å². The number of nitrogens with zero attached hydrogens (tertiary/aromatic N) is 2. The number of esters is 1. The van der Waals surface area contributed by atoms with Gasteiger partial charge < -0.3 is 34.1 Å². The molecule has 6 rings (SSSR count). The van der Waals surface area contributed by atoms with Crippen molar-refractivity contribution in [1.82, 2.24) is 20.2 Å². The van der Waals surface area contributed by atoms with Crippen LogP contribution in [0.4, 0.5) is 4.79 Å². The van der Waals surface area contributed by atoms with Gasteiger partial charge in [0.15, 0.2) is 12.0 Å². The molecule has 4 aliphatic rings. The summed E-state index contributed by atoms with van der Waals surface area (Å²) in [5, 5.41) is 7.18. The Balaban J connectivity index is 1.03. The van der Waals surface area contributed by atoms with Gasteiger partial charge in [-0.3, -0.25) is 4.79 Å². The topological polar surface area (TPSA) is 113 Å². The number of nitrogens with one attached hydrogen (secondary N) is 2. The van der Waals surface area contributed by atoms with Crippen LogP contribution < -0.4 is 10.6 Å². The van der Waals surface area contributed by atoms with Crippen molar-refractivity contribution in [2.24, 2.45) is 0 Å². The van der Waals surface area contributed by atoms with Gasteiger partial charge in [-0.25, -0.2) is 9.78 Å². The summed E-state index contributed by atoms with van der Waals surface area (Å²) in [5.41, 5.74) is 1.44. The fourth-order valence-corrected chi connectivity index (χ4v) is 7.61. The van der Waals surface area contributed by atoms with Gasteiger partial charge in [-0.1, -0.05) is 29.6 Å². The summed E-state index contributed by atoms with van der Waals surface area (Å²) < 4.78 is 26.1. The number of ether oxygens (including phenoxy) is 4. The van der Waals surface area contributed by atoms with Crippen molar-refractivity contribution in [2.45, 2.75) is 87.2 Å². The smallest absolute Gasteiger partial charge is 0.315 e. The first-order valence-electron chi connectivity index (χ1n) is 12.9. The molecule has 38 heavy (non-hydrogen) atoms. The Labute approximate surface area is 234 Å². The highest BCUT2D eigenvalue weighted by molar-refractivity contribution is 8.00. The quantitative estimate of drug-likeness (QED) is 0.271. The highest BCUT2D eigenvalue weighted by Gasteiger charge is 2.56. The van der Waals surface area contributed by atoms with Crippen molar-refractivity contribution >= 4 is 58.0 Å². The Morgan fingerprint density at radius 3 is 2.84 bits per heavy atom. The van der Waals surface area contributed by atoms with E-state index in [0.717, 1.165) is 30.5 Å². The number of hydrogen-bond acceptors (Lipinski definition) is 8. The van der Waals surface area contributed by atoms with Crippen LogP contribution in [0.15, 0.2) is 18.5 Å². The number of halogens is 2. The van der Waals surface area contributed by atoms with E-state index in [1.807, 2.05) is 30.2 Å². The molecule has 13 heteroatoms. The predicted molar refractivity (Wildman–Crippen MR) is 142 cm³/mol. The molecule has 2 unspecified atom stereocenters. The molecular formula is C25H30Cl2N4O6S. The van der Waals surface area contributed by atoms with Crippen LogP contribution in [-0.4, -0.2) is 75.3 Å². The maximum atomic E-state index is 12.5. The number of carbonyl (C=O) groups excluding carboxylic acids is 2. The number of urea groups is 1. The van der Waals surface area contributed by atoms with Gasteiger partial charge in [-0.15, -0.1) is 0 Å². The SMILES string of the molecule is CC1(C)OC2C(O1)[C@@H](COC(=O)CCCC[C@@H]1SC[C@@H]3NC(=O)N[C@@H]31)O[C@H]2n1cnc2cc(Cl)c(Cl)cc21. The Bertz CT molecular complexity index is 1240. The van der Waals surface area contributed by atoms with E-state index in [4.69, 9.17) is 42.1 Å². The molecule has 5 heterocycles. The summed E-state index contributed by atoms with van der Waals surface area (Å²) in [6.45, 7) is 3.77. The van der Waals surface area contributed by atoms with Crippen molar-refractivity contribution in [1.29, 1.82) is 0 Å². The normalized spacial score (nSPS) is 33.3. The minimum atomic E-state index is -0.803. The summed E-state index contributed by atoms with van der Waals surface area (Å²) in [5.74, 6) is -0.143. The lowest BCUT2D eigenvalue weighted by Crippen LogP contribution is -2.36. The minimum absolute atomic E-state index is 0.0646. The molecular weight excluding hydrogens is 555 g/mol. The maximum Gasteiger partial charge on any atom is 0.315 e. The second kappa shape index (κ2) is 10.3. The molecule has 10 nitrogen and oxygen atoms in total. The van der Waals surface area contributed by atoms with Crippen LogP contribution in [0, 0.1) is 0 Å². The standard InChI is InChI=1S/C25H30Cl2N4O6S/c1-25(2)36-21-17(9-34-19(32)6-4-3-5-18-20-15(10-38-18)29-24(33)30-20)35-23(22(21)37-25)31-11-28-14-7-12(26)13(27)8-16(14)31/h7-8,11,15,17-18,20-23H,3-6,9-10H2,1-2H3,(H2,29,30,33)/t15-,17+,18-,20-,21?,22?,23+/m0/s1. The molecule has 0 spiro atoms. The van der Waals surface area contributed by atoms with Crippen molar-refractivity contribution in [3.8, 4) is 0 Å². The minimum Gasteiger partial charge on any atom is -0.463 e. The van der Waals surface area contributed by atoms with E-state index < -0.39 is 30.3 Å². The highest BCUT2D eigenvalue weighted by Crippen LogP contribution is 2.44. The van der Waals surface area contributed by atoms with Crippen LogP contribution >= 0.6 is 35.0 Å². The largest absolute Gasteiger partial charge is 0.463 e. The average Bonchev–Trinajstić information content (AvgIpc) is 3.64. The number of carbonyl (C=O) groups is 2. The number of hydrogen-bond donors (Lipinski definition) is 2. The molecule has 0 radical (unpaired) electrons. The monoisotopic (exact) mass is 584 g/mol. The lowest BCUT2D eigenvalue weighted by molar-refractivity contribution is -0.202. The second-order valence-electron chi connectivity index (χ2n) is 10.6. The van der Waals surface area contributed by atoms with E-state index in [9.17, 15) is 9.59 Å². The van der Waals surface area contributed by atoms with Gasteiger partial charge in [0, 0.05) is 17.4 Å². The molecule has 0 aliphatic carbocycles. The zero-order valence-corrected chi connectivity index (χ0v) is 23.4. The molecule has 206 valence electrons. The Morgan fingerprint density at radius 1 is 1.21 bits per heavy atom. The highest BCUT2D eigenvalue weighted by atomic mass is 35.5. The third kappa shape index (κ3) is 5.09. The first kappa shape index (κ1) is 26.5. The van der Waals surface area contributed by atoms with Crippen molar-refractivity contribution in [3.05, 3.63) is 28.5 Å². The zero-order chi connectivity index (χ0) is 26.6. The summed E-state index contributed by atoms with van der Waals surface area (Å²) in [6.07, 6.45) is 2.70. The lowest BCUT2D eigenvalue weighted by Gasteiger charge is -2.25. The van der Waals surface area contributed by atoms with Gasteiger partial charge in [0.25, 0.3) is 0 Å². The lowest BCUT2D eigenvalue weighted by atomic mass is 10.0. The molecule has 2 amide bonds. The van der Waals surface area contributed by atoms with Crippen molar-refractivity contribution in [2.75, 3.05) is 12.4 Å². The van der Waals surface area contributed by atoms with Gasteiger partial charge in [0.2, 0.25) is 0 Å². The molecule has 4 aliphatic heterocycles. The maximum absolute atomic E-state index is 12.5. The molecule has 2 N–H and O–H groups in total. The molecule has 0 saturated carbocycles. The van der Waals surface area contributed by atoms with Gasteiger partial charge in [0.05, 0.1) is 39.5 Å². The molecule has 7 atom stereocenters. The van der Waals surface area contributed by atoms with E-state index >= 15 is 0 Å². The average molecular weight is 586 g/mol. The molecule has 1 aromatic heterocycles. The summed E-state index contributed by atoms with van der Waals surface area (Å²) in [4.78, 5) is 28.5. The number of benzene rings is 1. The zero-order valence-electron chi connectivity index (χ0n) is 21.0. The second-order valence-corrected chi connectivity index (χ2v) is 12.7. The molecule has 4 fully saturated rings. The molecule has 4 saturated heterocycles. The summed E-state index contributed by atoms with van der Waals surface area (Å²) in [7, 11) is 0. The molecule has 1 aromatic carbocycles. The van der Waals surface area contributed by atoms with E-state index in [1.54, 1.807) is 18.5 Å². The first-order chi connectivity index (χ1) is 18.2. The van der Waals surface area contributed by atoms with Crippen LogP contribution in [0.2, 0.25) is 10.0 Å². The number of fused-ring (bicyclic) bond motifs is 3. The molecule has 2 aromatic rings. The van der Waals surface area contributed by atoms with E-state index in [2.05, 4.69) is 15.6 Å². The summed E-state index contributed by atoms with van der Waals surface area (Å²) in [6, 6.07) is 3.77. The van der Waals surface area contributed by atoms with Gasteiger partial charge in [-0.2, -0.15) is 11.8 Å². The number of amides is 2. The van der Waals surface area contributed by atoms with Crippen LogP contribution in [-0.2, 0) is 23.7 Å². The van der Waals surface area contributed by atoms with E-state index in [1.165, 1.54) is 0 Å². The van der Waals surface area contributed by atoms with E-state index in [0.29, 0.717) is 27.2 Å². The van der Waals surface area contributed by atoms with Gasteiger partial charge in [-0.05, 0) is 38.8 Å². The fourth-order valence-electron chi connectivity index (χ4n) is 5.75. The third-order valence-electron chi connectivity index (χ3n) is 7.48. The first-order valence-corrected chi connectivity index (χ1v) is 14.7. The Hall–Kier alpha value is -1.76. The van der Waals surface area contributed by atoms with Crippen molar-refractivity contribution in [3.63, 3.8) is 0 Å². The number of thioether (sulfide) groups is 1. The number of aromatic nitrogens is 2. The van der Waals surface area contributed by atoms with Crippen LogP contribution in [0.3, 0.4) is 0 Å². The van der Waals surface area contributed by atoms with E-state index in [-0.39, 0.29) is 30.7 Å². The predicted octanol–water partition coefficient (Wildman–Crippen LogP) is 4.03. The number of unbranched alkanes of at least 4 members (excludes halogenated alkanes) is 1.